The number of methoxy groups -OCH3 is 1. The second-order valence-electron chi connectivity index (χ2n) is 8.32. The SMILES string of the molecule is CCNC(=NCC1(CCOC)CCC1)NCCCc1nnc2n1CCCCC2.I. The third-order valence-corrected chi connectivity index (χ3v) is 6.22. The Bertz CT molecular complexity index is 629. The summed E-state index contributed by atoms with van der Waals surface area (Å²) >= 11 is 0. The number of ether oxygens (including phenoxy) is 1. The summed E-state index contributed by atoms with van der Waals surface area (Å²) in [6, 6.07) is 0. The number of aliphatic imine (C=N–C) groups is 1. The van der Waals surface area contributed by atoms with E-state index < -0.39 is 0 Å². The van der Waals surface area contributed by atoms with Gasteiger partial charge >= 0.3 is 0 Å². The smallest absolute Gasteiger partial charge is 0.191 e. The van der Waals surface area contributed by atoms with E-state index >= 15 is 0 Å². The predicted octanol–water partition coefficient (Wildman–Crippen LogP) is 3.32. The van der Waals surface area contributed by atoms with Crippen LogP contribution in [-0.2, 0) is 24.1 Å². The average Bonchev–Trinajstić information content (AvgIpc) is 2.90. The molecule has 2 N–H and O–H groups in total. The third-order valence-electron chi connectivity index (χ3n) is 6.22. The van der Waals surface area contributed by atoms with Crippen LogP contribution in [0.15, 0.2) is 4.99 Å². The van der Waals surface area contributed by atoms with Crippen LogP contribution in [0.2, 0.25) is 0 Å². The van der Waals surface area contributed by atoms with Crippen LogP contribution in [0, 0.1) is 5.41 Å². The zero-order valence-electron chi connectivity index (χ0n) is 18.2. The first-order valence-corrected chi connectivity index (χ1v) is 11.2. The Morgan fingerprint density at radius 2 is 2.03 bits per heavy atom. The van der Waals surface area contributed by atoms with Gasteiger partial charge in [0.25, 0.3) is 0 Å². The van der Waals surface area contributed by atoms with E-state index in [0.29, 0.717) is 5.41 Å². The van der Waals surface area contributed by atoms with Crippen molar-refractivity contribution in [3.8, 4) is 0 Å². The molecule has 1 saturated carbocycles. The minimum Gasteiger partial charge on any atom is -0.385 e. The van der Waals surface area contributed by atoms with E-state index in [2.05, 4.69) is 32.3 Å². The van der Waals surface area contributed by atoms with Crippen LogP contribution in [-0.4, -0.2) is 54.1 Å². The van der Waals surface area contributed by atoms with E-state index in [1.807, 2.05) is 0 Å². The van der Waals surface area contributed by atoms with Crippen molar-refractivity contribution in [2.75, 3.05) is 33.4 Å². The van der Waals surface area contributed by atoms with E-state index in [0.717, 1.165) is 70.3 Å². The van der Waals surface area contributed by atoms with E-state index in [9.17, 15) is 0 Å². The van der Waals surface area contributed by atoms with Crippen molar-refractivity contribution in [2.45, 2.75) is 77.7 Å². The molecular formula is C21H39IN6O. The van der Waals surface area contributed by atoms with Gasteiger partial charge in [0.15, 0.2) is 5.96 Å². The fourth-order valence-corrected chi connectivity index (χ4v) is 4.25. The molecule has 0 unspecified atom stereocenters. The lowest BCUT2D eigenvalue weighted by atomic mass is 9.67. The quantitative estimate of drug-likeness (QED) is 0.215. The molecular weight excluding hydrogens is 479 g/mol. The molecule has 3 rings (SSSR count). The zero-order chi connectivity index (χ0) is 19.7. The number of aryl methyl sites for hydroxylation is 2. The number of fused-ring (bicyclic) bond motifs is 1. The summed E-state index contributed by atoms with van der Waals surface area (Å²) in [5.41, 5.74) is 0.359. The van der Waals surface area contributed by atoms with Crippen LogP contribution >= 0.6 is 24.0 Å². The molecule has 29 heavy (non-hydrogen) atoms. The maximum absolute atomic E-state index is 5.30. The standard InChI is InChI=1S/C21H38N6O.HI/c1-3-22-20(24-17-21(11-8-12-21)13-16-28-2)23-14-7-10-19-26-25-18-9-5-4-6-15-27(18)19;/h3-17H2,1-2H3,(H2,22,23,24);1H. The van der Waals surface area contributed by atoms with Crippen LogP contribution in [0.5, 0.6) is 0 Å². The molecule has 1 aromatic rings. The molecule has 8 heteroatoms. The van der Waals surface area contributed by atoms with Crippen molar-refractivity contribution in [3.63, 3.8) is 0 Å². The first-order chi connectivity index (χ1) is 13.8. The van der Waals surface area contributed by atoms with E-state index in [1.54, 1.807) is 7.11 Å². The third kappa shape index (κ3) is 7.08. The number of nitrogens with one attached hydrogen (secondary N) is 2. The summed E-state index contributed by atoms with van der Waals surface area (Å²) in [5, 5.41) is 15.7. The van der Waals surface area contributed by atoms with Gasteiger partial charge in [0, 0.05) is 52.7 Å². The maximum atomic E-state index is 5.30. The van der Waals surface area contributed by atoms with Gasteiger partial charge in [-0.25, -0.2) is 0 Å². The van der Waals surface area contributed by atoms with E-state index in [4.69, 9.17) is 9.73 Å². The summed E-state index contributed by atoms with van der Waals surface area (Å²) in [6.45, 7) is 6.71. The molecule has 0 atom stereocenters. The number of guanidine groups is 1. The Hall–Kier alpha value is -0.900. The number of nitrogens with zero attached hydrogens (tertiary/aromatic N) is 4. The normalized spacial score (nSPS) is 18.2. The fraction of sp³-hybridized carbons (Fsp3) is 0.857. The maximum Gasteiger partial charge on any atom is 0.191 e. The predicted molar refractivity (Wildman–Crippen MR) is 128 cm³/mol. The molecule has 0 saturated heterocycles. The van der Waals surface area contributed by atoms with Gasteiger partial charge in [-0.05, 0) is 50.9 Å². The average molecular weight is 518 g/mol. The first kappa shape index (κ1) is 24.4. The minimum absolute atomic E-state index is 0. The highest BCUT2D eigenvalue weighted by Gasteiger charge is 2.36. The Morgan fingerprint density at radius 1 is 1.17 bits per heavy atom. The number of hydrogen-bond acceptors (Lipinski definition) is 4. The van der Waals surface area contributed by atoms with Crippen molar-refractivity contribution < 1.29 is 4.74 Å². The molecule has 166 valence electrons. The van der Waals surface area contributed by atoms with Crippen LogP contribution in [0.4, 0.5) is 0 Å². The van der Waals surface area contributed by atoms with Gasteiger partial charge in [0.1, 0.15) is 11.6 Å². The lowest BCUT2D eigenvalue weighted by Crippen LogP contribution is -2.40. The molecule has 1 aliphatic heterocycles. The topological polar surface area (TPSA) is 76.4 Å². The molecule has 0 amide bonds. The summed E-state index contributed by atoms with van der Waals surface area (Å²) in [6.07, 6.45) is 11.9. The highest BCUT2D eigenvalue weighted by atomic mass is 127. The molecule has 1 aliphatic carbocycles. The molecule has 7 nitrogen and oxygen atoms in total. The summed E-state index contributed by atoms with van der Waals surface area (Å²) < 4.78 is 7.65. The van der Waals surface area contributed by atoms with Crippen LogP contribution < -0.4 is 10.6 Å². The van der Waals surface area contributed by atoms with E-state index in [1.165, 1.54) is 44.3 Å². The van der Waals surface area contributed by atoms with Crippen LogP contribution in [0.25, 0.3) is 0 Å². The largest absolute Gasteiger partial charge is 0.385 e. The van der Waals surface area contributed by atoms with Gasteiger partial charge < -0.3 is 19.9 Å². The Kier molecular flexibility index (Phi) is 10.7. The molecule has 1 aromatic heterocycles. The summed E-state index contributed by atoms with van der Waals surface area (Å²) in [4.78, 5) is 4.88. The Morgan fingerprint density at radius 3 is 2.76 bits per heavy atom. The molecule has 0 radical (unpaired) electrons. The van der Waals surface area contributed by atoms with Crippen molar-refractivity contribution in [1.82, 2.24) is 25.4 Å². The van der Waals surface area contributed by atoms with Gasteiger partial charge in [0.2, 0.25) is 0 Å². The number of hydrogen-bond donors (Lipinski definition) is 2. The van der Waals surface area contributed by atoms with Gasteiger partial charge in [-0.3, -0.25) is 4.99 Å². The second-order valence-corrected chi connectivity index (χ2v) is 8.32. The molecule has 2 aliphatic rings. The molecule has 0 spiro atoms. The van der Waals surface area contributed by atoms with E-state index in [-0.39, 0.29) is 24.0 Å². The Balaban J connectivity index is 0.00000300. The zero-order valence-corrected chi connectivity index (χ0v) is 20.5. The van der Waals surface area contributed by atoms with Crippen LogP contribution in [0.3, 0.4) is 0 Å². The van der Waals surface area contributed by atoms with Gasteiger partial charge in [-0.2, -0.15) is 0 Å². The highest BCUT2D eigenvalue weighted by molar-refractivity contribution is 14.0. The van der Waals surface area contributed by atoms with Crippen molar-refractivity contribution in [2.24, 2.45) is 10.4 Å². The van der Waals surface area contributed by atoms with Gasteiger partial charge in [0.05, 0.1) is 0 Å². The van der Waals surface area contributed by atoms with Crippen LogP contribution in [0.1, 0.15) is 69.9 Å². The lowest BCUT2D eigenvalue weighted by molar-refractivity contribution is 0.0778. The van der Waals surface area contributed by atoms with Crippen molar-refractivity contribution in [1.29, 1.82) is 0 Å². The van der Waals surface area contributed by atoms with Gasteiger partial charge in [-0.15, -0.1) is 34.2 Å². The Labute approximate surface area is 192 Å². The molecule has 2 heterocycles. The highest BCUT2D eigenvalue weighted by Crippen LogP contribution is 2.44. The number of rotatable bonds is 10. The fourth-order valence-electron chi connectivity index (χ4n) is 4.25. The van der Waals surface area contributed by atoms with Gasteiger partial charge in [-0.1, -0.05) is 12.8 Å². The second kappa shape index (κ2) is 12.7. The lowest BCUT2D eigenvalue weighted by Gasteiger charge is -2.40. The number of aromatic nitrogens is 3. The molecule has 0 aromatic carbocycles. The van der Waals surface area contributed by atoms with Crippen molar-refractivity contribution in [3.05, 3.63) is 11.6 Å². The monoisotopic (exact) mass is 518 g/mol. The van der Waals surface area contributed by atoms with Crippen molar-refractivity contribution >= 4 is 29.9 Å². The molecule has 0 bridgehead atoms. The first-order valence-electron chi connectivity index (χ1n) is 11.2. The number of halogens is 1. The summed E-state index contributed by atoms with van der Waals surface area (Å²) in [5.74, 6) is 3.26. The molecule has 1 fully saturated rings. The minimum atomic E-state index is 0. The summed E-state index contributed by atoms with van der Waals surface area (Å²) in [7, 11) is 1.79.